The molecule has 1 aliphatic carbocycles. The highest BCUT2D eigenvalue weighted by atomic mass is 16.5. The summed E-state index contributed by atoms with van der Waals surface area (Å²) in [5.74, 6) is 2.45. The van der Waals surface area contributed by atoms with Crippen LogP contribution in [-0.4, -0.2) is 7.11 Å². The lowest BCUT2D eigenvalue weighted by molar-refractivity contribution is 0.198. The van der Waals surface area contributed by atoms with E-state index in [1.54, 1.807) is 7.11 Å². The van der Waals surface area contributed by atoms with E-state index in [1.807, 2.05) is 0 Å². The van der Waals surface area contributed by atoms with Gasteiger partial charge in [0.15, 0.2) is 0 Å². The number of rotatable bonds is 4. The molecule has 2 nitrogen and oxygen atoms in total. The number of hydrogen-bond donors (Lipinski definition) is 1. The van der Waals surface area contributed by atoms with E-state index in [4.69, 9.17) is 10.5 Å². The first kappa shape index (κ1) is 15.4. The van der Waals surface area contributed by atoms with Gasteiger partial charge in [-0.05, 0) is 44.1 Å². The van der Waals surface area contributed by atoms with E-state index in [0.29, 0.717) is 0 Å². The Hall–Kier alpha value is -1.02. The van der Waals surface area contributed by atoms with Crippen molar-refractivity contribution in [3.8, 4) is 5.75 Å². The molecule has 2 unspecified atom stereocenters. The van der Waals surface area contributed by atoms with Gasteiger partial charge in [-0.15, -0.1) is 0 Å². The van der Waals surface area contributed by atoms with E-state index in [9.17, 15) is 0 Å². The Morgan fingerprint density at radius 2 is 2.15 bits per heavy atom. The Balaban J connectivity index is 2.27. The van der Waals surface area contributed by atoms with Gasteiger partial charge in [0.2, 0.25) is 0 Å². The van der Waals surface area contributed by atoms with Crippen molar-refractivity contribution in [2.75, 3.05) is 7.11 Å². The zero-order valence-electron chi connectivity index (χ0n) is 13.4. The molecule has 0 spiro atoms. The molecule has 0 aromatic heterocycles. The Morgan fingerprint density at radius 3 is 2.80 bits per heavy atom. The molecule has 20 heavy (non-hydrogen) atoms. The number of methoxy groups -OCH3 is 1. The van der Waals surface area contributed by atoms with Gasteiger partial charge in [-0.2, -0.15) is 0 Å². The summed E-state index contributed by atoms with van der Waals surface area (Å²) < 4.78 is 5.56. The van der Waals surface area contributed by atoms with Crippen molar-refractivity contribution in [2.24, 2.45) is 17.6 Å². The SMILES string of the molecule is COc1ccc(C)cc1C1(N)CCCC(CC(C)C)C1. The summed E-state index contributed by atoms with van der Waals surface area (Å²) in [5, 5.41) is 0. The largest absolute Gasteiger partial charge is 0.496 e. The van der Waals surface area contributed by atoms with E-state index in [-0.39, 0.29) is 5.54 Å². The molecule has 112 valence electrons. The fourth-order valence-electron chi connectivity index (χ4n) is 3.75. The van der Waals surface area contributed by atoms with Crippen molar-refractivity contribution in [1.29, 1.82) is 0 Å². The summed E-state index contributed by atoms with van der Waals surface area (Å²) in [7, 11) is 1.74. The van der Waals surface area contributed by atoms with E-state index < -0.39 is 0 Å². The summed E-state index contributed by atoms with van der Waals surface area (Å²) in [6, 6.07) is 6.38. The van der Waals surface area contributed by atoms with Crippen LogP contribution in [0.4, 0.5) is 0 Å². The third kappa shape index (κ3) is 3.35. The lowest BCUT2D eigenvalue weighted by Crippen LogP contribution is -2.42. The van der Waals surface area contributed by atoms with Crippen LogP contribution in [0.25, 0.3) is 0 Å². The van der Waals surface area contributed by atoms with Crippen LogP contribution in [0, 0.1) is 18.8 Å². The highest BCUT2D eigenvalue weighted by molar-refractivity contribution is 5.42. The normalized spacial score (nSPS) is 26.8. The summed E-state index contributed by atoms with van der Waals surface area (Å²) in [6.45, 7) is 6.74. The average Bonchev–Trinajstić information content (AvgIpc) is 2.38. The monoisotopic (exact) mass is 275 g/mol. The van der Waals surface area contributed by atoms with Gasteiger partial charge in [-0.3, -0.25) is 0 Å². The van der Waals surface area contributed by atoms with Crippen LogP contribution in [-0.2, 0) is 5.54 Å². The molecular weight excluding hydrogens is 246 g/mol. The van der Waals surface area contributed by atoms with Crippen LogP contribution < -0.4 is 10.5 Å². The lowest BCUT2D eigenvalue weighted by Gasteiger charge is -2.40. The third-order valence-corrected chi connectivity index (χ3v) is 4.58. The molecule has 1 aliphatic rings. The Morgan fingerprint density at radius 1 is 1.40 bits per heavy atom. The fourth-order valence-corrected chi connectivity index (χ4v) is 3.75. The van der Waals surface area contributed by atoms with Gasteiger partial charge >= 0.3 is 0 Å². The van der Waals surface area contributed by atoms with Crippen molar-refractivity contribution in [3.63, 3.8) is 0 Å². The third-order valence-electron chi connectivity index (χ3n) is 4.58. The molecule has 1 fully saturated rings. The molecule has 1 aromatic carbocycles. The summed E-state index contributed by atoms with van der Waals surface area (Å²) >= 11 is 0. The topological polar surface area (TPSA) is 35.2 Å². The van der Waals surface area contributed by atoms with Gasteiger partial charge in [0.05, 0.1) is 7.11 Å². The van der Waals surface area contributed by atoms with E-state index in [1.165, 1.54) is 30.4 Å². The Kier molecular flexibility index (Phi) is 4.74. The second-order valence-electron chi connectivity index (χ2n) is 6.95. The molecule has 0 amide bonds. The maximum Gasteiger partial charge on any atom is 0.123 e. The van der Waals surface area contributed by atoms with E-state index in [2.05, 4.69) is 39.0 Å². The fraction of sp³-hybridized carbons (Fsp3) is 0.667. The van der Waals surface area contributed by atoms with Crippen LogP contribution in [0.15, 0.2) is 18.2 Å². The van der Waals surface area contributed by atoms with Crippen molar-refractivity contribution >= 4 is 0 Å². The molecule has 0 bridgehead atoms. The predicted octanol–water partition coefficient (Wildman–Crippen LogP) is 4.39. The summed E-state index contributed by atoms with van der Waals surface area (Å²) in [6.07, 6.45) is 6.00. The van der Waals surface area contributed by atoms with Crippen molar-refractivity contribution in [2.45, 2.75) is 58.4 Å². The molecule has 1 saturated carbocycles. The van der Waals surface area contributed by atoms with E-state index in [0.717, 1.165) is 30.4 Å². The number of ether oxygens (including phenoxy) is 1. The molecule has 1 aromatic rings. The zero-order valence-corrected chi connectivity index (χ0v) is 13.4. The molecule has 2 atom stereocenters. The molecule has 0 aliphatic heterocycles. The van der Waals surface area contributed by atoms with Gasteiger partial charge in [0.1, 0.15) is 5.75 Å². The molecule has 0 heterocycles. The Bertz CT molecular complexity index is 455. The molecule has 0 saturated heterocycles. The minimum absolute atomic E-state index is 0.213. The van der Waals surface area contributed by atoms with Gasteiger partial charge < -0.3 is 10.5 Å². The van der Waals surface area contributed by atoms with Gasteiger partial charge in [0.25, 0.3) is 0 Å². The quantitative estimate of drug-likeness (QED) is 0.884. The van der Waals surface area contributed by atoms with Gasteiger partial charge in [0, 0.05) is 11.1 Å². The van der Waals surface area contributed by atoms with Crippen LogP contribution in [0.2, 0.25) is 0 Å². The molecule has 2 heteroatoms. The highest BCUT2D eigenvalue weighted by Crippen LogP contribution is 2.43. The molecule has 2 rings (SSSR count). The van der Waals surface area contributed by atoms with Gasteiger partial charge in [-0.1, -0.05) is 44.4 Å². The van der Waals surface area contributed by atoms with Crippen molar-refractivity contribution in [1.82, 2.24) is 0 Å². The lowest BCUT2D eigenvalue weighted by atomic mass is 9.70. The van der Waals surface area contributed by atoms with Crippen molar-refractivity contribution in [3.05, 3.63) is 29.3 Å². The van der Waals surface area contributed by atoms with Crippen LogP contribution in [0.1, 0.15) is 57.1 Å². The molecule has 0 radical (unpaired) electrons. The minimum atomic E-state index is -0.213. The number of nitrogens with two attached hydrogens (primary N) is 1. The minimum Gasteiger partial charge on any atom is -0.496 e. The number of aryl methyl sites for hydroxylation is 1. The highest BCUT2D eigenvalue weighted by Gasteiger charge is 2.36. The first-order valence-corrected chi connectivity index (χ1v) is 7.88. The van der Waals surface area contributed by atoms with E-state index >= 15 is 0 Å². The second-order valence-corrected chi connectivity index (χ2v) is 6.95. The maximum atomic E-state index is 6.81. The van der Waals surface area contributed by atoms with Crippen LogP contribution in [0.3, 0.4) is 0 Å². The maximum absolute atomic E-state index is 6.81. The zero-order chi connectivity index (χ0) is 14.8. The van der Waals surface area contributed by atoms with Crippen LogP contribution >= 0.6 is 0 Å². The first-order valence-electron chi connectivity index (χ1n) is 7.88. The summed E-state index contributed by atoms with van der Waals surface area (Å²) in [5.41, 5.74) is 9.06. The predicted molar refractivity (Wildman–Crippen MR) is 85.0 cm³/mol. The summed E-state index contributed by atoms with van der Waals surface area (Å²) in [4.78, 5) is 0. The average molecular weight is 275 g/mol. The number of benzene rings is 1. The van der Waals surface area contributed by atoms with Gasteiger partial charge in [-0.25, -0.2) is 0 Å². The van der Waals surface area contributed by atoms with Crippen molar-refractivity contribution < 1.29 is 4.74 Å². The molecule has 2 N–H and O–H groups in total. The Labute approximate surface area is 123 Å². The van der Waals surface area contributed by atoms with Crippen LogP contribution in [0.5, 0.6) is 5.75 Å². The first-order chi connectivity index (χ1) is 9.44. The second kappa shape index (κ2) is 6.17. The standard InChI is InChI=1S/C18H29NO/c1-13(2)10-15-6-5-9-18(19,12-15)16-11-14(3)7-8-17(16)20-4/h7-8,11,13,15H,5-6,9-10,12,19H2,1-4H3. The molecular formula is C18H29NO. The number of hydrogen-bond acceptors (Lipinski definition) is 2. The smallest absolute Gasteiger partial charge is 0.123 e.